The van der Waals surface area contributed by atoms with Gasteiger partial charge in [0.1, 0.15) is 0 Å². The van der Waals surface area contributed by atoms with Crippen molar-refractivity contribution in [3.05, 3.63) is 0 Å². The molecule has 0 aliphatic heterocycles. The summed E-state index contributed by atoms with van der Waals surface area (Å²) in [6.45, 7) is 0. The third-order valence-electron chi connectivity index (χ3n) is 0. The van der Waals surface area contributed by atoms with E-state index < -0.39 is 0 Å². The molecule has 0 aromatic heterocycles. The van der Waals surface area contributed by atoms with Gasteiger partial charge in [0.25, 0.3) is 0 Å². The summed E-state index contributed by atoms with van der Waals surface area (Å²) in [6.07, 6.45) is 0.250. The van der Waals surface area contributed by atoms with Gasteiger partial charge in [-0.1, -0.05) is 0 Å². The Morgan fingerprint density at radius 1 is 1.14 bits per heavy atom. The maximum atomic E-state index is 8.12. The molecule has 0 aromatic rings. The van der Waals surface area contributed by atoms with Crippen LogP contribution in [-0.4, -0.2) is 6.15 Å². The summed E-state index contributed by atoms with van der Waals surface area (Å²) >= 11 is 4.00. The van der Waals surface area contributed by atoms with Crippen molar-refractivity contribution in [2.24, 2.45) is 0 Å². The van der Waals surface area contributed by atoms with Crippen LogP contribution in [0.4, 0.5) is 0 Å². The van der Waals surface area contributed by atoms with E-state index in [-0.39, 0.29) is 6.15 Å². The van der Waals surface area contributed by atoms with Crippen LogP contribution in [-0.2, 0) is 48.9 Å². The number of rotatable bonds is 0. The van der Waals surface area contributed by atoms with Crippen molar-refractivity contribution >= 4 is 6.15 Å². The summed E-state index contributed by atoms with van der Waals surface area (Å²) in [4.78, 5) is 16.2. The maximum absolute atomic E-state index is 8.12. The van der Waals surface area contributed by atoms with Gasteiger partial charge in [-0.25, -0.2) is 0 Å². The molecule has 0 bridgehead atoms. The van der Waals surface area contributed by atoms with Crippen molar-refractivity contribution in [3.8, 4) is 0 Å². The van der Waals surface area contributed by atoms with Gasteiger partial charge in [-0.05, 0) is 0 Å². The molecule has 0 atom stereocenters. The van der Waals surface area contributed by atoms with Crippen molar-refractivity contribution < 1.29 is 48.9 Å². The zero-order chi connectivity index (χ0) is 6.71. The van der Waals surface area contributed by atoms with E-state index >= 15 is 0 Å². The van der Waals surface area contributed by atoms with E-state index in [0.29, 0.717) is 0 Å². The quantitative estimate of drug-likeness (QED) is 0.467. The molecule has 0 spiro atoms. The molecule has 0 saturated carbocycles. The van der Waals surface area contributed by atoms with Gasteiger partial charge >= 0.3 is 45.5 Å². The molecule has 7 heavy (non-hydrogen) atoms. The van der Waals surface area contributed by atoms with E-state index in [0.717, 1.165) is 0 Å². The van der Waals surface area contributed by atoms with E-state index in [2.05, 4.69) is 15.7 Å². The molecule has 6 heteroatoms. The van der Waals surface area contributed by atoms with Gasteiger partial charge in [-0.15, -0.1) is 0 Å². The molecule has 4 nitrogen and oxygen atoms in total. The third-order valence-corrected chi connectivity index (χ3v) is 0. The second-order valence-electron chi connectivity index (χ2n) is 0.0833. The Morgan fingerprint density at radius 3 is 1.14 bits per heavy atom. The fourth-order valence-corrected chi connectivity index (χ4v) is 0. The van der Waals surface area contributed by atoms with Crippen molar-refractivity contribution in [1.29, 1.82) is 0 Å². The first-order valence-electron chi connectivity index (χ1n) is 0.699. The molecular weight excluding hydrogens is 190 g/mol. The molecule has 0 radical (unpaired) electrons. The molecule has 0 heterocycles. The average molecular weight is 190 g/mol. The normalized spacial score (nSPS) is 2.43. The second-order valence-corrected chi connectivity index (χ2v) is 0.0833. The molecular formula is CCoMnO4. The molecule has 0 rings (SSSR count). The topological polar surface area (TPSA) is 68.3 Å². The minimum atomic E-state index is 0.250. The van der Waals surface area contributed by atoms with Gasteiger partial charge < -0.3 is 0 Å². The fourth-order valence-electron chi connectivity index (χ4n) is 0. The van der Waals surface area contributed by atoms with Crippen molar-refractivity contribution in [1.82, 2.24) is 0 Å². The number of hydrogen-bond acceptors (Lipinski definition) is 4. The Labute approximate surface area is 55.5 Å². The van der Waals surface area contributed by atoms with Crippen LogP contribution in [0.2, 0.25) is 0 Å². The van der Waals surface area contributed by atoms with Gasteiger partial charge in [-0.2, -0.15) is 9.59 Å². The Balaban J connectivity index is -0.0000000360. The van der Waals surface area contributed by atoms with E-state index in [4.69, 9.17) is 17.3 Å². The summed E-state index contributed by atoms with van der Waals surface area (Å²) in [6, 6.07) is 0. The van der Waals surface area contributed by atoms with Gasteiger partial charge in [0.05, 0.1) is 0 Å². The van der Waals surface area contributed by atoms with Crippen LogP contribution < -0.4 is 0 Å². The SMILES string of the molecule is O=C=O.[O]=[Co].[O]=[Mn]. The van der Waals surface area contributed by atoms with Crippen LogP contribution in [0.15, 0.2) is 0 Å². The predicted molar refractivity (Wildman–Crippen MR) is 6.38 cm³/mol. The minimum absolute atomic E-state index is 0.250. The molecule has 0 aliphatic rings. The molecule has 0 saturated heterocycles. The Morgan fingerprint density at radius 2 is 1.14 bits per heavy atom. The number of hydrogen-bond donors (Lipinski definition) is 0. The van der Waals surface area contributed by atoms with Crippen LogP contribution >= 0.6 is 0 Å². The van der Waals surface area contributed by atoms with Crippen molar-refractivity contribution in [2.45, 2.75) is 0 Å². The summed E-state index contributed by atoms with van der Waals surface area (Å²) in [5.74, 6) is 0. The Hall–Kier alpha value is 0.00597. The van der Waals surface area contributed by atoms with E-state index in [1.807, 2.05) is 0 Å². The van der Waals surface area contributed by atoms with Gasteiger partial charge in [0.15, 0.2) is 0 Å². The summed E-state index contributed by atoms with van der Waals surface area (Å²) < 4.78 is 16.0. The predicted octanol–water partition coefficient (Wildman–Crippen LogP) is -0.826. The fraction of sp³-hybridized carbons (Fsp3) is 0. The van der Waals surface area contributed by atoms with Gasteiger partial charge in [0.2, 0.25) is 0 Å². The van der Waals surface area contributed by atoms with Crippen LogP contribution in [0.5, 0.6) is 0 Å². The monoisotopic (exact) mass is 190 g/mol. The van der Waals surface area contributed by atoms with Crippen LogP contribution in [0, 0.1) is 0 Å². The zero-order valence-electron chi connectivity index (χ0n) is 2.84. The Bertz CT molecular complexity index is 47.7. The van der Waals surface area contributed by atoms with Crippen LogP contribution in [0.1, 0.15) is 0 Å². The summed E-state index contributed by atoms with van der Waals surface area (Å²) in [7, 11) is 0. The van der Waals surface area contributed by atoms with E-state index in [9.17, 15) is 0 Å². The van der Waals surface area contributed by atoms with E-state index in [1.54, 1.807) is 15.9 Å². The Kier molecular flexibility index (Phi) is 335. The van der Waals surface area contributed by atoms with Crippen LogP contribution in [0.3, 0.4) is 0 Å². The molecule has 0 aromatic carbocycles. The summed E-state index contributed by atoms with van der Waals surface area (Å²) in [5, 5.41) is 0. The molecule has 0 unspecified atom stereocenters. The first-order chi connectivity index (χ1) is 3.41. The summed E-state index contributed by atoms with van der Waals surface area (Å²) in [5.41, 5.74) is 0. The van der Waals surface area contributed by atoms with E-state index in [1.165, 1.54) is 0 Å². The van der Waals surface area contributed by atoms with Crippen molar-refractivity contribution in [3.63, 3.8) is 0 Å². The van der Waals surface area contributed by atoms with Crippen LogP contribution in [0.25, 0.3) is 0 Å². The average Bonchev–Trinajstić information content (AvgIpc) is 1.78. The molecule has 0 amide bonds. The third kappa shape index (κ3) is 2700000. The molecule has 44 valence electrons. The standard InChI is InChI=1S/CO2.Co.Mn.2O/c2-1-3;;;;. The first-order valence-corrected chi connectivity index (χ1v) is 1.61. The number of carbonyl (C=O) groups excluding carboxylic acids is 2. The second kappa shape index (κ2) is 149. The van der Waals surface area contributed by atoms with Crippen molar-refractivity contribution in [2.75, 3.05) is 0 Å². The van der Waals surface area contributed by atoms with Gasteiger partial charge in [-0.3, -0.25) is 0 Å². The first kappa shape index (κ1) is 15.7. The van der Waals surface area contributed by atoms with Gasteiger partial charge in [0, 0.05) is 0 Å². The zero-order valence-corrected chi connectivity index (χ0v) is 5.07. The molecule has 0 aliphatic carbocycles. The molecule has 0 fully saturated rings. The molecule has 0 N–H and O–H groups in total.